The third kappa shape index (κ3) is 4.58. The number of aliphatic hydroxyl groups excluding tert-OH is 1. The Bertz CT molecular complexity index is 251. The normalized spacial score (nSPS) is 22.2. The molecule has 0 saturated carbocycles. The van der Waals surface area contributed by atoms with Gasteiger partial charge in [-0.15, -0.1) is 0 Å². The highest BCUT2D eigenvalue weighted by atomic mass is 16.5. The Hall–Kier alpha value is -0.610. The van der Waals surface area contributed by atoms with E-state index < -0.39 is 6.10 Å². The lowest BCUT2D eigenvalue weighted by Crippen LogP contribution is -2.40. The number of rotatable bonds is 6. The Kier molecular flexibility index (Phi) is 6.65. The second kappa shape index (κ2) is 7.74. The van der Waals surface area contributed by atoms with Crippen molar-refractivity contribution in [3.63, 3.8) is 0 Å². The molecule has 1 heterocycles. The van der Waals surface area contributed by atoms with E-state index in [2.05, 4.69) is 5.32 Å². The summed E-state index contributed by atoms with van der Waals surface area (Å²) >= 11 is 0. The van der Waals surface area contributed by atoms with Crippen LogP contribution in [0.4, 0.5) is 0 Å². The number of carbonyl (C=O) groups is 1. The lowest BCUT2D eigenvalue weighted by molar-refractivity contribution is -0.127. The summed E-state index contributed by atoms with van der Waals surface area (Å²) in [4.78, 5) is 12.0. The average Bonchev–Trinajstić information content (AvgIpc) is 2.43. The van der Waals surface area contributed by atoms with Crippen LogP contribution < -0.4 is 5.32 Å². The average molecular weight is 257 g/mol. The van der Waals surface area contributed by atoms with Crippen molar-refractivity contribution in [3.8, 4) is 0 Å². The fourth-order valence-corrected chi connectivity index (χ4v) is 2.27. The molecule has 4 heteroatoms. The minimum absolute atomic E-state index is 0.0121. The molecule has 0 radical (unpaired) electrons. The van der Waals surface area contributed by atoms with Crippen molar-refractivity contribution in [1.29, 1.82) is 0 Å². The molecule has 1 saturated heterocycles. The van der Waals surface area contributed by atoms with Crippen LogP contribution in [0.2, 0.25) is 0 Å². The van der Waals surface area contributed by atoms with E-state index in [0.29, 0.717) is 12.5 Å². The molecule has 1 amide bonds. The Morgan fingerprint density at radius 3 is 2.56 bits per heavy atom. The molecule has 0 aromatic carbocycles. The Labute approximate surface area is 110 Å². The van der Waals surface area contributed by atoms with Gasteiger partial charge in [0.1, 0.15) is 0 Å². The molecule has 1 aliphatic rings. The fraction of sp³-hybridized carbons (Fsp3) is 0.929. The van der Waals surface area contributed by atoms with Crippen molar-refractivity contribution in [1.82, 2.24) is 5.32 Å². The lowest BCUT2D eigenvalue weighted by atomic mass is 9.86. The summed E-state index contributed by atoms with van der Waals surface area (Å²) in [6.45, 7) is 7.90. The Balaban J connectivity index is 2.30. The Morgan fingerprint density at radius 1 is 1.39 bits per heavy atom. The zero-order valence-electron chi connectivity index (χ0n) is 11.8. The van der Waals surface area contributed by atoms with Crippen molar-refractivity contribution >= 4 is 5.91 Å². The maximum Gasteiger partial charge on any atom is 0.223 e. The van der Waals surface area contributed by atoms with Crippen LogP contribution in [-0.4, -0.2) is 36.9 Å². The fourth-order valence-electron chi connectivity index (χ4n) is 2.27. The molecule has 2 N–H and O–H groups in total. The molecule has 3 unspecified atom stereocenters. The van der Waals surface area contributed by atoms with Gasteiger partial charge in [0, 0.05) is 25.7 Å². The molecule has 0 bridgehead atoms. The number of hydrogen-bond acceptors (Lipinski definition) is 3. The molecule has 0 aliphatic carbocycles. The van der Waals surface area contributed by atoms with E-state index in [9.17, 15) is 9.90 Å². The van der Waals surface area contributed by atoms with Crippen LogP contribution in [0.1, 0.15) is 40.0 Å². The van der Waals surface area contributed by atoms with Crippen molar-refractivity contribution in [2.75, 3.05) is 19.8 Å². The van der Waals surface area contributed by atoms with Crippen LogP contribution in [0.15, 0.2) is 0 Å². The first-order valence-electron chi connectivity index (χ1n) is 7.09. The number of carbonyl (C=O) groups excluding carboxylic acids is 1. The van der Waals surface area contributed by atoms with E-state index in [-0.39, 0.29) is 17.7 Å². The highest BCUT2D eigenvalue weighted by Crippen LogP contribution is 2.23. The summed E-state index contributed by atoms with van der Waals surface area (Å²) in [6.07, 6.45) is 2.40. The molecule has 1 rings (SSSR count). The van der Waals surface area contributed by atoms with Crippen LogP contribution in [0.3, 0.4) is 0 Å². The molecular weight excluding hydrogens is 230 g/mol. The van der Waals surface area contributed by atoms with Gasteiger partial charge in [-0.1, -0.05) is 27.2 Å². The molecule has 18 heavy (non-hydrogen) atoms. The molecule has 4 nitrogen and oxygen atoms in total. The first-order valence-corrected chi connectivity index (χ1v) is 7.09. The molecule has 0 aromatic heterocycles. The summed E-state index contributed by atoms with van der Waals surface area (Å²) in [5, 5.41) is 12.7. The molecule has 106 valence electrons. The summed E-state index contributed by atoms with van der Waals surface area (Å²) in [7, 11) is 0. The number of amides is 1. The second-order valence-electron chi connectivity index (χ2n) is 5.44. The Morgan fingerprint density at radius 2 is 2.00 bits per heavy atom. The van der Waals surface area contributed by atoms with Crippen molar-refractivity contribution in [2.24, 2.45) is 17.8 Å². The highest BCUT2D eigenvalue weighted by Gasteiger charge is 2.26. The van der Waals surface area contributed by atoms with Crippen LogP contribution in [0.5, 0.6) is 0 Å². The van der Waals surface area contributed by atoms with Gasteiger partial charge >= 0.3 is 0 Å². The van der Waals surface area contributed by atoms with Gasteiger partial charge in [-0.3, -0.25) is 4.79 Å². The monoisotopic (exact) mass is 257 g/mol. The van der Waals surface area contributed by atoms with E-state index in [4.69, 9.17) is 4.74 Å². The summed E-state index contributed by atoms with van der Waals surface area (Å²) in [5.41, 5.74) is 0. The molecule has 0 spiro atoms. The van der Waals surface area contributed by atoms with Crippen LogP contribution >= 0.6 is 0 Å². The molecule has 1 fully saturated rings. The maximum absolute atomic E-state index is 12.0. The van der Waals surface area contributed by atoms with Gasteiger partial charge in [-0.2, -0.15) is 0 Å². The van der Waals surface area contributed by atoms with E-state index in [0.717, 1.165) is 32.5 Å². The smallest absolute Gasteiger partial charge is 0.223 e. The number of hydrogen-bond donors (Lipinski definition) is 2. The van der Waals surface area contributed by atoms with Gasteiger partial charge in [0.2, 0.25) is 5.91 Å². The highest BCUT2D eigenvalue weighted by molar-refractivity contribution is 5.78. The quantitative estimate of drug-likeness (QED) is 0.759. The zero-order valence-corrected chi connectivity index (χ0v) is 11.8. The summed E-state index contributed by atoms with van der Waals surface area (Å²) in [5.74, 6) is 0.713. The number of aliphatic hydroxyl groups is 1. The van der Waals surface area contributed by atoms with Crippen molar-refractivity contribution < 1.29 is 14.6 Å². The summed E-state index contributed by atoms with van der Waals surface area (Å²) in [6, 6.07) is 0. The van der Waals surface area contributed by atoms with Crippen molar-refractivity contribution in [3.05, 3.63) is 0 Å². The second-order valence-corrected chi connectivity index (χ2v) is 5.44. The predicted molar refractivity (Wildman–Crippen MR) is 71.2 cm³/mol. The standard InChI is InChI=1S/C14H27NO3/c1-4-10(2)13(16)9-15-14(17)11(3)12-5-7-18-8-6-12/h10-13,16H,4-9H2,1-3H3,(H,15,17). The predicted octanol–water partition coefficient (Wildman–Crippen LogP) is 1.57. The zero-order chi connectivity index (χ0) is 13.5. The third-order valence-electron chi connectivity index (χ3n) is 4.17. The van der Waals surface area contributed by atoms with Crippen LogP contribution in [0.25, 0.3) is 0 Å². The number of ether oxygens (including phenoxy) is 1. The lowest BCUT2D eigenvalue weighted by Gasteiger charge is -2.27. The van der Waals surface area contributed by atoms with Gasteiger partial charge in [-0.05, 0) is 24.7 Å². The summed E-state index contributed by atoms with van der Waals surface area (Å²) < 4.78 is 5.30. The van der Waals surface area contributed by atoms with Crippen LogP contribution in [-0.2, 0) is 9.53 Å². The van der Waals surface area contributed by atoms with Gasteiger partial charge in [0.05, 0.1) is 6.10 Å². The molecular formula is C14H27NO3. The van der Waals surface area contributed by atoms with Gasteiger partial charge in [0.15, 0.2) is 0 Å². The molecule has 0 aromatic rings. The van der Waals surface area contributed by atoms with E-state index >= 15 is 0 Å². The van der Waals surface area contributed by atoms with Crippen LogP contribution in [0, 0.1) is 17.8 Å². The number of nitrogens with one attached hydrogen (secondary N) is 1. The van der Waals surface area contributed by atoms with Gasteiger partial charge in [0.25, 0.3) is 0 Å². The minimum atomic E-state index is -0.444. The SMILES string of the molecule is CCC(C)C(O)CNC(=O)C(C)C1CCOCC1. The third-order valence-corrected chi connectivity index (χ3v) is 4.17. The van der Waals surface area contributed by atoms with Crippen molar-refractivity contribution in [2.45, 2.75) is 46.1 Å². The molecule has 1 aliphatic heterocycles. The van der Waals surface area contributed by atoms with Gasteiger partial charge < -0.3 is 15.2 Å². The molecule has 3 atom stereocenters. The van der Waals surface area contributed by atoms with E-state index in [1.807, 2.05) is 20.8 Å². The van der Waals surface area contributed by atoms with Gasteiger partial charge in [-0.25, -0.2) is 0 Å². The first kappa shape index (κ1) is 15.4. The minimum Gasteiger partial charge on any atom is -0.391 e. The van der Waals surface area contributed by atoms with E-state index in [1.54, 1.807) is 0 Å². The first-order chi connectivity index (χ1) is 8.56. The topological polar surface area (TPSA) is 58.6 Å². The van der Waals surface area contributed by atoms with E-state index in [1.165, 1.54) is 0 Å². The largest absolute Gasteiger partial charge is 0.391 e. The maximum atomic E-state index is 12.0.